The van der Waals surface area contributed by atoms with Crippen molar-refractivity contribution in [1.29, 1.82) is 5.26 Å². The summed E-state index contributed by atoms with van der Waals surface area (Å²) < 4.78 is 1.73. The largest absolute Gasteiger partial charge is 0.369 e. The number of hydrogen-bond donors (Lipinski definition) is 2. The highest BCUT2D eigenvalue weighted by Gasteiger charge is 2.25. The number of fused-ring (bicyclic) bond motifs is 2. The summed E-state index contributed by atoms with van der Waals surface area (Å²) in [4.78, 5) is 27.3. The van der Waals surface area contributed by atoms with Gasteiger partial charge in [-0.05, 0) is 49.2 Å². The van der Waals surface area contributed by atoms with Crippen LogP contribution >= 0.6 is 0 Å². The third-order valence-electron chi connectivity index (χ3n) is 7.68. The van der Waals surface area contributed by atoms with Crippen molar-refractivity contribution in [3.8, 4) is 6.07 Å². The van der Waals surface area contributed by atoms with E-state index in [9.17, 15) is 10.1 Å². The van der Waals surface area contributed by atoms with E-state index in [1.807, 2.05) is 0 Å². The molecule has 2 aromatic heterocycles. The van der Waals surface area contributed by atoms with E-state index in [0.717, 1.165) is 76.0 Å². The molecule has 1 aromatic carbocycles. The molecule has 2 aliphatic heterocycles. The van der Waals surface area contributed by atoms with Crippen molar-refractivity contribution in [2.75, 3.05) is 43.4 Å². The zero-order chi connectivity index (χ0) is 23.9. The van der Waals surface area contributed by atoms with E-state index in [-0.39, 0.29) is 17.2 Å². The smallest absolute Gasteiger partial charge is 0.270 e. The third-order valence-corrected chi connectivity index (χ3v) is 7.68. The number of hydrogen-bond acceptors (Lipinski definition) is 8. The molecule has 0 bridgehead atoms. The number of aromatic nitrogens is 3. The molecule has 1 aliphatic carbocycles. The first kappa shape index (κ1) is 22.0. The molecule has 2 N–H and O–H groups in total. The molecule has 6 rings (SSSR count). The van der Waals surface area contributed by atoms with E-state index >= 15 is 0 Å². The van der Waals surface area contributed by atoms with Gasteiger partial charge in [0, 0.05) is 68.3 Å². The highest BCUT2D eigenvalue weighted by Crippen LogP contribution is 2.35. The van der Waals surface area contributed by atoms with Crippen LogP contribution in [0.15, 0.2) is 29.2 Å². The van der Waals surface area contributed by atoms with E-state index in [2.05, 4.69) is 50.7 Å². The van der Waals surface area contributed by atoms with E-state index in [0.29, 0.717) is 11.6 Å². The SMILES string of the molecule is CN1CCN(c2ccc(Nc3ncc4cc(C#N)c(=O)n(C5CCCC5)c4n3)c3c2CNC3)CC1. The Morgan fingerprint density at radius 3 is 2.66 bits per heavy atom. The van der Waals surface area contributed by atoms with Crippen molar-refractivity contribution in [2.24, 2.45) is 0 Å². The van der Waals surface area contributed by atoms with Gasteiger partial charge in [-0.25, -0.2) is 4.98 Å². The topological polar surface area (TPSA) is 102 Å². The summed E-state index contributed by atoms with van der Waals surface area (Å²) in [6.07, 6.45) is 5.76. The Kier molecular flexibility index (Phi) is 5.63. The fraction of sp³-hybridized carbons (Fsp3) is 0.462. The summed E-state index contributed by atoms with van der Waals surface area (Å²) in [5.74, 6) is 0.467. The first-order valence-corrected chi connectivity index (χ1v) is 12.5. The highest BCUT2D eigenvalue weighted by molar-refractivity contribution is 5.78. The predicted molar refractivity (Wildman–Crippen MR) is 136 cm³/mol. The standard InChI is InChI=1S/C26H30N8O/c1-32-8-10-33(11-9-32)23-7-6-22(20-15-28-16-21(20)23)30-26-29-14-18-12-17(13-27)25(35)34(24(18)31-26)19-4-2-3-5-19/h6-7,12,14,19,28H,2-5,8-11,15-16H2,1H3,(H,29,30,31). The van der Waals surface area contributed by atoms with E-state index in [4.69, 9.17) is 4.98 Å². The lowest BCUT2D eigenvalue weighted by Gasteiger charge is -2.35. The second kappa shape index (κ2) is 8.95. The molecule has 0 amide bonds. The van der Waals surface area contributed by atoms with Crippen LogP contribution in [0.4, 0.5) is 17.3 Å². The van der Waals surface area contributed by atoms with Crippen LogP contribution in [-0.4, -0.2) is 52.7 Å². The summed E-state index contributed by atoms with van der Waals surface area (Å²) >= 11 is 0. The number of pyridine rings is 1. The molecule has 180 valence electrons. The van der Waals surface area contributed by atoms with Gasteiger partial charge in [-0.2, -0.15) is 10.2 Å². The number of nitrogens with zero attached hydrogens (tertiary/aromatic N) is 6. The van der Waals surface area contributed by atoms with Crippen molar-refractivity contribution in [3.05, 3.63) is 51.4 Å². The lowest BCUT2D eigenvalue weighted by atomic mass is 10.0. The lowest BCUT2D eigenvalue weighted by Crippen LogP contribution is -2.44. The van der Waals surface area contributed by atoms with Crippen molar-refractivity contribution in [2.45, 2.75) is 44.8 Å². The number of piperazine rings is 1. The molecule has 0 spiro atoms. The van der Waals surface area contributed by atoms with Gasteiger partial charge in [0.25, 0.3) is 5.56 Å². The molecule has 9 nitrogen and oxygen atoms in total. The fourth-order valence-corrected chi connectivity index (χ4v) is 5.74. The minimum Gasteiger partial charge on any atom is -0.369 e. The maximum atomic E-state index is 13.1. The predicted octanol–water partition coefficient (Wildman–Crippen LogP) is 2.88. The van der Waals surface area contributed by atoms with E-state index in [1.54, 1.807) is 16.8 Å². The average Bonchev–Trinajstić information content (AvgIpc) is 3.57. The zero-order valence-corrected chi connectivity index (χ0v) is 20.0. The van der Waals surface area contributed by atoms with Crippen LogP contribution in [0.3, 0.4) is 0 Å². The molecule has 0 atom stereocenters. The van der Waals surface area contributed by atoms with Gasteiger partial charge in [0.05, 0.1) is 0 Å². The molecule has 9 heteroatoms. The minimum atomic E-state index is -0.252. The second-order valence-corrected chi connectivity index (χ2v) is 9.86. The quantitative estimate of drug-likeness (QED) is 0.600. The molecular formula is C26H30N8O. The summed E-state index contributed by atoms with van der Waals surface area (Å²) in [7, 11) is 2.17. The number of nitrogens with one attached hydrogen (secondary N) is 2. The van der Waals surface area contributed by atoms with Gasteiger partial charge < -0.3 is 20.4 Å². The molecule has 1 saturated heterocycles. The Bertz CT molecular complexity index is 1380. The molecule has 0 radical (unpaired) electrons. The molecule has 3 aliphatic rings. The van der Waals surface area contributed by atoms with Crippen LogP contribution in [-0.2, 0) is 13.1 Å². The summed E-state index contributed by atoms with van der Waals surface area (Å²) in [6.45, 7) is 5.86. The van der Waals surface area contributed by atoms with Gasteiger partial charge in [0.15, 0.2) is 0 Å². The molecule has 1 saturated carbocycles. The molecule has 35 heavy (non-hydrogen) atoms. The highest BCUT2D eigenvalue weighted by atomic mass is 16.1. The van der Waals surface area contributed by atoms with Gasteiger partial charge in [-0.15, -0.1) is 0 Å². The van der Waals surface area contributed by atoms with Crippen molar-refractivity contribution in [3.63, 3.8) is 0 Å². The van der Waals surface area contributed by atoms with Crippen LogP contribution in [0.25, 0.3) is 11.0 Å². The van der Waals surface area contributed by atoms with Crippen LogP contribution in [0, 0.1) is 11.3 Å². The van der Waals surface area contributed by atoms with Crippen molar-refractivity contribution < 1.29 is 0 Å². The molecule has 0 unspecified atom stereocenters. The Morgan fingerprint density at radius 1 is 1.11 bits per heavy atom. The fourth-order valence-electron chi connectivity index (χ4n) is 5.74. The first-order valence-electron chi connectivity index (χ1n) is 12.5. The van der Waals surface area contributed by atoms with Crippen LogP contribution in [0.1, 0.15) is 48.4 Å². The van der Waals surface area contributed by atoms with Gasteiger partial charge in [-0.1, -0.05) is 12.8 Å². The Hall–Kier alpha value is -3.48. The summed E-state index contributed by atoms with van der Waals surface area (Å²) in [5, 5.41) is 17.1. The molecule has 4 heterocycles. The average molecular weight is 471 g/mol. The molecule has 2 fully saturated rings. The number of anilines is 3. The van der Waals surface area contributed by atoms with Gasteiger partial charge >= 0.3 is 0 Å². The number of benzene rings is 1. The maximum Gasteiger partial charge on any atom is 0.270 e. The van der Waals surface area contributed by atoms with Gasteiger partial charge in [0.2, 0.25) is 5.95 Å². The lowest BCUT2D eigenvalue weighted by molar-refractivity contribution is 0.312. The zero-order valence-electron chi connectivity index (χ0n) is 20.0. The number of likely N-dealkylation sites (N-methyl/N-ethyl adjacent to an activating group) is 1. The molecular weight excluding hydrogens is 440 g/mol. The summed E-state index contributed by atoms with van der Waals surface area (Å²) in [5.41, 5.74) is 5.38. The number of nitriles is 1. The minimum absolute atomic E-state index is 0.0809. The van der Waals surface area contributed by atoms with Crippen LogP contribution in [0.2, 0.25) is 0 Å². The normalized spacial score (nSPS) is 18.7. The Balaban J connectivity index is 1.37. The van der Waals surface area contributed by atoms with Crippen LogP contribution in [0.5, 0.6) is 0 Å². The maximum absolute atomic E-state index is 13.1. The third kappa shape index (κ3) is 3.93. The molecule has 3 aromatic rings. The number of rotatable bonds is 4. The van der Waals surface area contributed by atoms with Gasteiger partial charge in [0.1, 0.15) is 17.3 Å². The van der Waals surface area contributed by atoms with E-state index in [1.165, 1.54) is 16.8 Å². The van der Waals surface area contributed by atoms with E-state index < -0.39 is 0 Å². The van der Waals surface area contributed by atoms with Gasteiger partial charge in [-0.3, -0.25) is 9.36 Å². The van der Waals surface area contributed by atoms with Crippen LogP contribution < -0.4 is 21.1 Å². The first-order chi connectivity index (χ1) is 17.1. The Morgan fingerprint density at radius 2 is 1.89 bits per heavy atom. The summed E-state index contributed by atoms with van der Waals surface area (Å²) in [6, 6.07) is 8.07. The van der Waals surface area contributed by atoms with Crippen molar-refractivity contribution >= 4 is 28.4 Å². The second-order valence-electron chi connectivity index (χ2n) is 9.86. The monoisotopic (exact) mass is 470 g/mol. The van der Waals surface area contributed by atoms with Crippen molar-refractivity contribution in [1.82, 2.24) is 24.8 Å². The Labute approximate surface area is 204 Å².